The Hall–Kier alpha value is -3.00. The summed E-state index contributed by atoms with van der Waals surface area (Å²) in [5, 5.41) is 0. The number of nitrogens with zero attached hydrogens (tertiary/aromatic N) is 2. The van der Waals surface area contributed by atoms with Crippen LogP contribution in [0.25, 0.3) is 11.1 Å². The third-order valence-electron chi connectivity index (χ3n) is 8.60. The van der Waals surface area contributed by atoms with Crippen molar-refractivity contribution in [3.63, 3.8) is 0 Å². The molecule has 43 heavy (non-hydrogen) atoms. The van der Waals surface area contributed by atoms with Crippen LogP contribution in [-0.4, -0.2) is 11.9 Å². The molecule has 3 aromatic carbocycles. The molecule has 0 fully saturated rings. The van der Waals surface area contributed by atoms with Crippen molar-refractivity contribution in [1.82, 2.24) is 0 Å². The standard InChI is InChI=1S/C41H58N2/c1-6-10-12-14-16-19-23-34-28-37(35-24-21-18-22-25-35)31-40(29-34)43-38(8-3)32-42-39-27-33(5)41(9-4)36(30-39)26-20-17-15-13-11-7-2/h18,21-22,24-25,27-32H,6-17,19-20,23,26H2,1-5H3. The van der Waals surface area contributed by atoms with E-state index in [0.29, 0.717) is 0 Å². The summed E-state index contributed by atoms with van der Waals surface area (Å²) in [6, 6.07) is 22.2. The maximum atomic E-state index is 5.14. The molecule has 0 saturated carbocycles. The van der Waals surface area contributed by atoms with Crippen LogP contribution < -0.4 is 0 Å². The zero-order valence-electron chi connectivity index (χ0n) is 28.1. The lowest BCUT2D eigenvalue weighted by atomic mass is 9.94. The Kier molecular flexibility index (Phi) is 16.1. The van der Waals surface area contributed by atoms with Gasteiger partial charge in [0.05, 0.1) is 17.1 Å². The average molecular weight is 579 g/mol. The van der Waals surface area contributed by atoms with Crippen LogP contribution in [0.2, 0.25) is 0 Å². The smallest absolute Gasteiger partial charge is 0.0642 e. The fraction of sp³-hybridized carbons (Fsp3) is 0.512. The molecule has 0 aromatic heterocycles. The van der Waals surface area contributed by atoms with E-state index in [1.807, 2.05) is 6.21 Å². The Labute approximate surface area is 264 Å². The van der Waals surface area contributed by atoms with Gasteiger partial charge in [-0.05, 0) is 103 Å². The Balaban J connectivity index is 1.79. The first kappa shape index (κ1) is 34.5. The Bertz CT molecular complexity index is 1270. The number of benzene rings is 3. The van der Waals surface area contributed by atoms with Crippen LogP contribution in [-0.2, 0) is 19.3 Å². The summed E-state index contributed by atoms with van der Waals surface area (Å²) in [5.41, 5.74) is 11.3. The molecule has 0 bridgehead atoms. The Morgan fingerprint density at radius 1 is 0.628 bits per heavy atom. The summed E-state index contributed by atoms with van der Waals surface area (Å²) in [6.45, 7) is 11.3. The van der Waals surface area contributed by atoms with Crippen LogP contribution in [0.4, 0.5) is 11.4 Å². The molecule has 0 radical (unpaired) electrons. The molecule has 0 aliphatic carbocycles. The first-order valence-electron chi connectivity index (χ1n) is 17.5. The first-order valence-corrected chi connectivity index (χ1v) is 17.5. The topological polar surface area (TPSA) is 24.7 Å². The van der Waals surface area contributed by atoms with Gasteiger partial charge in [-0.2, -0.15) is 0 Å². The molecule has 0 atom stereocenters. The summed E-state index contributed by atoms with van der Waals surface area (Å²) >= 11 is 0. The van der Waals surface area contributed by atoms with E-state index < -0.39 is 0 Å². The molecule has 0 heterocycles. The second kappa shape index (κ2) is 20.0. The van der Waals surface area contributed by atoms with Crippen LogP contribution in [0.1, 0.15) is 133 Å². The molecule has 0 aliphatic heterocycles. The van der Waals surface area contributed by atoms with Gasteiger partial charge < -0.3 is 0 Å². The largest absolute Gasteiger partial charge is 0.255 e. The van der Waals surface area contributed by atoms with Crippen molar-refractivity contribution in [1.29, 1.82) is 0 Å². The van der Waals surface area contributed by atoms with Gasteiger partial charge in [0.2, 0.25) is 0 Å². The van der Waals surface area contributed by atoms with Crippen molar-refractivity contribution >= 4 is 23.3 Å². The van der Waals surface area contributed by atoms with Crippen molar-refractivity contribution in [2.24, 2.45) is 9.98 Å². The number of hydrogen-bond acceptors (Lipinski definition) is 2. The highest BCUT2D eigenvalue weighted by molar-refractivity contribution is 6.31. The van der Waals surface area contributed by atoms with Gasteiger partial charge in [0.25, 0.3) is 0 Å². The van der Waals surface area contributed by atoms with Gasteiger partial charge in [-0.25, -0.2) is 0 Å². The lowest BCUT2D eigenvalue weighted by Crippen LogP contribution is -1.99. The molecule has 0 amide bonds. The van der Waals surface area contributed by atoms with E-state index >= 15 is 0 Å². The van der Waals surface area contributed by atoms with E-state index in [2.05, 4.69) is 95.3 Å². The first-order chi connectivity index (χ1) is 21.1. The van der Waals surface area contributed by atoms with Crippen molar-refractivity contribution in [3.05, 3.63) is 82.9 Å². The third kappa shape index (κ3) is 12.3. The maximum absolute atomic E-state index is 5.14. The highest BCUT2D eigenvalue weighted by atomic mass is 14.8. The Morgan fingerprint density at radius 2 is 1.28 bits per heavy atom. The lowest BCUT2D eigenvalue weighted by molar-refractivity contribution is 0.606. The highest BCUT2D eigenvalue weighted by Crippen LogP contribution is 2.29. The van der Waals surface area contributed by atoms with E-state index in [-0.39, 0.29) is 0 Å². The molecule has 3 rings (SSSR count). The molecule has 2 heteroatoms. The van der Waals surface area contributed by atoms with Crippen LogP contribution in [0.5, 0.6) is 0 Å². The van der Waals surface area contributed by atoms with Crippen LogP contribution >= 0.6 is 0 Å². The number of aryl methyl sites for hydroxylation is 3. The number of hydrogen-bond donors (Lipinski definition) is 0. The number of rotatable bonds is 20. The summed E-state index contributed by atoms with van der Waals surface area (Å²) in [6.07, 6.45) is 22.1. The van der Waals surface area contributed by atoms with E-state index in [9.17, 15) is 0 Å². The molecule has 3 aromatic rings. The fourth-order valence-electron chi connectivity index (χ4n) is 6.07. The van der Waals surface area contributed by atoms with Gasteiger partial charge in [0.1, 0.15) is 0 Å². The molecule has 0 saturated heterocycles. The van der Waals surface area contributed by atoms with Crippen LogP contribution in [0, 0.1) is 6.92 Å². The monoisotopic (exact) mass is 578 g/mol. The van der Waals surface area contributed by atoms with Gasteiger partial charge in [0.15, 0.2) is 0 Å². The van der Waals surface area contributed by atoms with Crippen molar-refractivity contribution in [3.8, 4) is 11.1 Å². The number of aliphatic imine (C=N–C) groups is 2. The highest BCUT2D eigenvalue weighted by Gasteiger charge is 2.08. The second-order valence-electron chi connectivity index (χ2n) is 12.3. The second-order valence-corrected chi connectivity index (χ2v) is 12.3. The van der Waals surface area contributed by atoms with Gasteiger partial charge >= 0.3 is 0 Å². The molecular formula is C41H58N2. The quantitative estimate of drug-likeness (QED) is 0.0941. The summed E-state index contributed by atoms with van der Waals surface area (Å²) in [5.74, 6) is 0. The SMILES string of the molecule is CCCCCCCCc1cc(N=C(C=Nc2cc(C)c(CC)c(CCCCCCCC)c2)CC)cc(-c2ccccc2)c1. The molecule has 0 unspecified atom stereocenters. The predicted octanol–water partition coefficient (Wildman–Crippen LogP) is 12.9. The summed E-state index contributed by atoms with van der Waals surface area (Å²) < 4.78 is 0. The van der Waals surface area contributed by atoms with Gasteiger partial charge in [-0.3, -0.25) is 9.98 Å². The zero-order valence-corrected chi connectivity index (χ0v) is 28.1. The predicted molar refractivity (Wildman–Crippen MR) is 192 cm³/mol. The molecular weight excluding hydrogens is 520 g/mol. The molecule has 0 spiro atoms. The Morgan fingerprint density at radius 3 is 1.93 bits per heavy atom. The van der Waals surface area contributed by atoms with Gasteiger partial charge in [0, 0.05) is 6.21 Å². The van der Waals surface area contributed by atoms with E-state index in [0.717, 1.165) is 42.8 Å². The molecule has 232 valence electrons. The van der Waals surface area contributed by atoms with E-state index in [1.54, 1.807) is 0 Å². The van der Waals surface area contributed by atoms with Crippen LogP contribution in [0.3, 0.4) is 0 Å². The molecule has 0 aliphatic rings. The molecule has 2 nitrogen and oxygen atoms in total. The fourth-order valence-corrected chi connectivity index (χ4v) is 6.07. The van der Waals surface area contributed by atoms with Crippen molar-refractivity contribution in [2.45, 2.75) is 137 Å². The van der Waals surface area contributed by atoms with Gasteiger partial charge in [-0.15, -0.1) is 0 Å². The van der Waals surface area contributed by atoms with Gasteiger partial charge in [-0.1, -0.05) is 128 Å². The maximum Gasteiger partial charge on any atom is 0.0642 e. The minimum atomic E-state index is 0.850. The van der Waals surface area contributed by atoms with Crippen LogP contribution in [0.15, 0.2) is 70.6 Å². The minimum absolute atomic E-state index is 0.850. The normalized spacial score (nSPS) is 12.0. The lowest BCUT2D eigenvalue weighted by Gasteiger charge is -2.13. The summed E-state index contributed by atoms with van der Waals surface area (Å²) in [4.78, 5) is 10.1. The average Bonchev–Trinajstić information content (AvgIpc) is 3.03. The zero-order chi connectivity index (χ0) is 30.7. The van der Waals surface area contributed by atoms with Crippen molar-refractivity contribution in [2.75, 3.05) is 0 Å². The van der Waals surface area contributed by atoms with Crippen molar-refractivity contribution < 1.29 is 0 Å². The minimum Gasteiger partial charge on any atom is -0.255 e. The number of unbranched alkanes of at least 4 members (excludes halogenated alkanes) is 10. The third-order valence-corrected chi connectivity index (χ3v) is 8.60. The molecule has 0 N–H and O–H groups in total. The van der Waals surface area contributed by atoms with E-state index in [4.69, 9.17) is 9.98 Å². The van der Waals surface area contributed by atoms with E-state index in [1.165, 1.54) is 110 Å². The summed E-state index contributed by atoms with van der Waals surface area (Å²) in [7, 11) is 0.